The zero-order valence-electron chi connectivity index (χ0n) is 12.4. The first-order valence-corrected chi connectivity index (χ1v) is 7.50. The molecule has 0 aromatic heterocycles. The zero-order chi connectivity index (χ0) is 15.2. The van der Waals surface area contributed by atoms with E-state index in [1.807, 2.05) is 0 Å². The van der Waals surface area contributed by atoms with E-state index in [0.29, 0.717) is 18.0 Å². The number of amides is 1. The second-order valence-corrected chi connectivity index (χ2v) is 5.56. The van der Waals surface area contributed by atoms with Crippen molar-refractivity contribution in [1.29, 1.82) is 0 Å². The molecule has 2 rings (SSSR count). The monoisotopic (exact) mass is 294 g/mol. The molecule has 0 saturated heterocycles. The molecule has 0 spiro atoms. The fourth-order valence-corrected chi connectivity index (χ4v) is 2.96. The number of ether oxygens (including phenoxy) is 1. The summed E-state index contributed by atoms with van der Waals surface area (Å²) in [5.41, 5.74) is 6.20. The summed E-state index contributed by atoms with van der Waals surface area (Å²) in [5, 5.41) is 2.98. The fourth-order valence-electron chi connectivity index (χ4n) is 2.96. The third-order valence-electron chi connectivity index (χ3n) is 4.20. The predicted octanol–water partition coefficient (Wildman–Crippen LogP) is 2.47. The van der Waals surface area contributed by atoms with Crippen molar-refractivity contribution in [2.24, 2.45) is 11.7 Å². The topological polar surface area (TPSA) is 64.3 Å². The highest BCUT2D eigenvalue weighted by atomic mass is 19.1. The number of halogens is 1. The van der Waals surface area contributed by atoms with Crippen molar-refractivity contribution in [2.45, 2.75) is 38.1 Å². The van der Waals surface area contributed by atoms with E-state index in [0.717, 1.165) is 12.8 Å². The molecule has 1 unspecified atom stereocenters. The van der Waals surface area contributed by atoms with Crippen LogP contribution in [0.25, 0.3) is 0 Å². The maximum Gasteiger partial charge on any atom is 0.251 e. The van der Waals surface area contributed by atoms with Crippen molar-refractivity contribution in [3.8, 4) is 5.75 Å². The number of hydrogen-bond donors (Lipinski definition) is 2. The van der Waals surface area contributed by atoms with Crippen LogP contribution in [0, 0.1) is 11.7 Å². The minimum Gasteiger partial charge on any atom is -0.494 e. The molecule has 1 atom stereocenters. The van der Waals surface area contributed by atoms with Gasteiger partial charge in [0.25, 0.3) is 5.91 Å². The van der Waals surface area contributed by atoms with Crippen molar-refractivity contribution in [2.75, 3.05) is 13.7 Å². The van der Waals surface area contributed by atoms with Gasteiger partial charge in [0.05, 0.1) is 7.11 Å². The van der Waals surface area contributed by atoms with Crippen LogP contribution in [0.4, 0.5) is 4.39 Å². The summed E-state index contributed by atoms with van der Waals surface area (Å²) in [7, 11) is 1.38. The number of carbonyl (C=O) groups is 1. The summed E-state index contributed by atoms with van der Waals surface area (Å²) in [6, 6.07) is 4.10. The Labute approximate surface area is 124 Å². The van der Waals surface area contributed by atoms with Gasteiger partial charge in [0, 0.05) is 18.2 Å². The Balaban J connectivity index is 2.04. The SMILES string of the molecule is COc1cc(C(=O)NC(CN)C2CCCCC2)ccc1F. The van der Waals surface area contributed by atoms with E-state index in [2.05, 4.69) is 5.32 Å². The van der Waals surface area contributed by atoms with E-state index in [4.69, 9.17) is 10.5 Å². The van der Waals surface area contributed by atoms with Crippen LogP contribution in [-0.2, 0) is 0 Å². The van der Waals surface area contributed by atoms with E-state index >= 15 is 0 Å². The van der Waals surface area contributed by atoms with Gasteiger partial charge in [-0.2, -0.15) is 0 Å². The molecule has 1 aliphatic carbocycles. The molecule has 0 aliphatic heterocycles. The molecule has 21 heavy (non-hydrogen) atoms. The number of benzene rings is 1. The van der Waals surface area contributed by atoms with Gasteiger partial charge < -0.3 is 15.8 Å². The third kappa shape index (κ3) is 3.94. The number of methoxy groups -OCH3 is 1. The van der Waals surface area contributed by atoms with Crippen molar-refractivity contribution >= 4 is 5.91 Å². The largest absolute Gasteiger partial charge is 0.494 e. The standard InChI is InChI=1S/C16H23FN2O2/c1-21-15-9-12(7-8-13(15)17)16(20)19-14(10-18)11-5-3-2-4-6-11/h7-9,11,14H,2-6,10,18H2,1H3,(H,19,20). The molecule has 1 aromatic rings. The summed E-state index contributed by atoms with van der Waals surface area (Å²) in [4.78, 5) is 12.3. The summed E-state index contributed by atoms with van der Waals surface area (Å²) >= 11 is 0. The molecule has 1 aromatic carbocycles. The highest BCUT2D eigenvalue weighted by molar-refractivity contribution is 5.94. The molecule has 1 amide bonds. The van der Waals surface area contributed by atoms with Crippen LogP contribution in [0.3, 0.4) is 0 Å². The average molecular weight is 294 g/mol. The lowest BCUT2D eigenvalue weighted by molar-refractivity contribution is 0.0915. The Bertz CT molecular complexity index is 487. The molecule has 0 bridgehead atoms. The number of carbonyl (C=O) groups excluding carboxylic acids is 1. The van der Waals surface area contributed by atoms with Gasteiger partial charge in [0.1, 0.15) is 0 Å². The van der Waals surface area contributed by atoms with E-state index in [1.54, 1.807) is 0 Å². The normalized spacial score (nSPS) is 17.3. The number of nitrogens with one attached hydrogen (secondary N) is 1. The molecule has 1 fully saturated rings. The second-order valence-electron chi connectivity index (χ2n) is 5.56. The highest BCUT2D eigenvalue weighted by Crippen LogP contribution is 2.26. The molecule has 1 aliphatic rings. The Kier molecular flexibility index (Phi) is 5.56. The van der Waals surface area contributed by atoms with Gasteiger partial charge in [-0.25, -0.2) is 4.39 Å². The lowest BCUT2D eigenvalue weighted by Crippen LogP contribution is -2.45. The molecule has 4 nitrogen and oxygen atoms in total. The molecule has 5 heteroatoms. The molecule has 1 saturated carbocycles. The molecular formula is C16H23FN2O2. The summed E-state index contributed by atoms with van der Waals surface area (Å²) < 4.78 is 18.3. The van der Waals surface area contributed by atoms with Crippen molar-refractivity contribution in [1.82, 2.24) is 5.32 Å². The van der Waals surface area contributed by atoms with E-state index in [1.165, 1.54) is 44.6 Å². The van der Waals surface area contributed by atoms with Gasteiger partial charge in [-0.15, -0.1) is 0 Å². The Morgan fingerprint density at radius 3 is 2.76 bits per heavy atom. The van der Waals surface area contributed by atoms with Crippen LogP contribution in [0.1, 0.15) is 42.5 Å². The quantitative estimate of drug-likeness (QED) is 0.877. The van der Waals surface area contributed by atoms with E-state index in [9.17, 15) is 9.18 Å². The molecule has 3 N–H and O–H groups in total. The first-order valence-electron chi connectivity index (χ1n) is 7.50. The Morgan fingerprint density at radius 1 is 1.43 bits per heavy atom. The Morgan fingerprint density at radius 2 is 2.14 bits per heavy atom. The molecule has 0 heterocycles. The lowest BCUT2D eigenvalue weighted by atomic mass is 9.84. The number of rotatable bonds is 5. The van der Waals surface area contributed by atoms with E-state index in [-0.39, 0.29) is 17.7 Å². The van der Waals surface area contributed by atoms with Crippen molar-refractivity contribution < 1.29 is 13.9 Å². The lowest BCUT2D eigenvalue weighted by Gasteiger charge is -2.30. The minimum absolute atomic E-state index is 0.0196. The van der Waals surface area contributed by atoms with Gasteiger partial charge >= 0.3 is 0 Å². The number of hydrogen-bond acceptors (Lipinski definition) is 3. The highest BCUT2D eigenvalue weighted by Gasteiger charge is 2.24. The van der Waals surface area contributed by atoms with Crippen LogP contribution >= 0.6 is 0 Å². The van der Waals surface area contributed by atoms with Crippen LogP contribution in [0.2, 0.25) is 0 Å². The molecular weight excluding hydrogens is 271 g/mol. The third-order valence-corrected chi connectivity index (χ3v) is 4.20. The van der Waals surface area contributed by atoms with Crippen molar-refractivity contribution in [3.63, 3.8) is 0 Å². The van der Waals surface area contributed by atoms with Gasteiger partial charge in [0.15, 0.2) is 11.6 Å². The van der Waals surface area contributed by atoms with E-state index < -0.39 is 5.82 Å². The first kappa shape index (κ1) is 15.8. The molecule has 0 radical (unpaired) electrons. The summed E-state index contributed by atoms with van der Waals surface area (Å²) in [6.45, 7) is 0.425. The van der Waals surface area contributed by atoms with Crippen LogP contribution in [-0.4, -0.2) is 25.6 Å². The van der Waals surface area contributed by atoms with Crippen molar-refractivity contribution in [3.05, 3.63) is 29.6 Å². The Hall–Kier alpha value is -1.62. The van der Waals surface area contributed by atoms with Gasteiger partial charge in [-0.1, -0.05) is 19.3 Å². The smallest absolute Gasteiger partial charge is 0.251 e. The van der Waals surface area contributed by atoms with Gasteiger partial charge in [0.2, 0.25) is 0 Å². The van der Waals surface area contributed by atoms with Gasteiger partial charge in [-0.3, -0.25) is 4.79 Å². The number of nitrogens with two attached hydrogens (primary N) is 1. The fraction of sp³-hybridized carbons (Fsp3) is 0.562. The molecule has 116 valence electrons. The maximum atomic E-state index is 13.4. The minimum atomic E-state index is -0.475. The first-order chi connectivity index (χ1) is 10.2. The zero-order valence-corrected chi connectivity index (χ0v) is 12.4. The summed E-state index contributed by atoms with van der Waals surface area (Å²) in [6.07, 6.45) is 5.86. The van der Waals surface area contributed by atoms with Gasteiger partial charge in [-0.05, 0) is 37.0 Å². The second kappa shape index (κ2) is 7.41. The summed E-state index contributed by atoms with van der Waals surface area (Å²) in [5.74, 6) is -0.189. The van der Waals surface area contributed by atoms with Crippen LogP contribution < -0.4 is 15.8 Å². The maximum absolute atomic E-state index is 13.4. The van der Waals surface area contributed by atoms with Crippen LogP contribution in [0.15, 0.2) is 18.2 Å². The predicted molar refractivity (Wildman–Crippen MR) is 79.8 cm³/mol. The van der Waals surface area contributed by atoms with Crippen LogP contribution in [0.5, 0.6) is 5.75 Å². The average Bonchev–Trinajstić information content (AvgIpc) is 2.53.